The third-order valence-electron chi connectivity index (χ3n) is 4.92. The van der Waals surface area contributed by atoms with Crippen LogP contribution in [0.4, 0.5) is 5.13 Å². The van der Waals surface area contributed by atoms with Gasteiger partial charge in [-0.15, -0.1) is 11.3 Å². The first-order chi connectivity index (χ1) is 12.4. The Morgan fingerprint density at radius 2 is 1.96 bits per heavy atom. The van der Waals surface area contributed by atoms with E-state index in [1.165, 1.54) is 23.8 Å². The van der Waals surface area contributed by atoms with Gasteiger partial charge >= 0.3 is 0 Å². The molecule has 138 valence electrons. The Bertz CT molecular complexity index is 809. The number of thiazole rings is 1. The predicted molar refractivity (Wildman–Crippen MR) is 105 cm³/mol. The van der Waals surface area contributed by atoms with Crippen LogP contribution in [0.15, 0.2) is 23.6 Å². The third kappa shape index (κ3) is 4.30. The molecule has 1 aliphatic rings. The molecule has 2 N–H and O–H groups in total. The lowest BCUT2D eigenvalue weighted by molar-refractivity contribution is -0.126. The number of aromatic nitrogens is 1. The summed E-state index contributed by atoms with van der Waals surface area (Å²) in [5, 5.41) is 8.25. The molecule has 0 bridgehead atoms. The smallest absolute Gasteiger partial charge is 0.249 e. The molecule has 0 radical (unpaired) electrons. The van der Waals surface area contributed by atoms with E-state index in [1.807, 2.05) is 5.38 Å². The maximum Gasteiger partial charge on any atom is 0.249 e. The molecule has 1 aromatic carbocycles. The molecule has 1 atom stereocenters. The quantitative estimate of drug-likeness (QED) is 0.832. The number of carbonyl (C=O) groups excluding carboxylic acids is 2. The first kappa shape index (κ1) is 18.6. The fourth-order valence-corrected chi connectivity index (χ4v) is 4.27. The Kier molecular flexibility index (Phi) is 5.71. The van der Waals surface area contributed by atoms with Crippen molar-refractivity contribution in [2.24, 2.45) is 5.92 Å². The van der Waals surface area contributed by atoms with Gasteiger partial charge in [0.15, 0.2) is 5.13 Å². The van der Waals surface area contributed by atoms with Gasteiger partial charge in [0.05, 0.1) is 5.69 Å². The monoisotopic (exact) mass is 371 g/mol. The lowest BCUT2D eigenvalue weighted by Crippen LogP contribution is -2.47. The topological polar surface area (TPSA) is 71.1 Å². The average Bonchev–Trinajstić information content (AvgIpc) is 3.26. The highest BCUT2D eigenvalue weighted by Gasteiger charge is 2.31. The third-order valence-corrected chi connectivity index (χ3v) is 5.67. The van der Waals surface area contributed by atoms with Crippen LogP contribution in [0.5, 0.6) is 0 Å². The molecule has 1 unspecified atom stereocenters. The molecule has 26 heavy (non-hydrogen) atoms. The molecular weight excluding hydrogens is 346 g/mol. The van der Waals surface area contributed by atoms with Gasteiger partial charge < -0.3 is 10.6 Å². The van der Waals surface area contributed by atoms with Crippen molar-refractivity contribution in [2.45, 2.75) is 52.5 Å². The first-order valence-electron chi connectivity index (χ1n) is 9.05. The standard InChI is InChI=1S/C20H25N3O2S/c1-12-8-9-13(2)16(10-12)17-11-26-20(22-17)23-19(25)18(21-14(3)24)15-6-4-5-7-15/h8-11,15,18H,4-7H2,1-3H3,(H,21,24)(H,22,23,25). The van der Waals surface area contributed by atoms with Crippen molar-refractivity contribution < 1.29 is 9.59 Å². The van der Waals surface area contributed by atoms with Crippen LogP contribution >= 0.6 is 11.3 Å². The number of benzene rings is 1. The van der Waals surface area contributed by atoms with Gasteiger partial charge in [-0.2, -0.15) is 0 Å². The largest absolute Gasteiger partial charge is 0.344 e. The van der Waals surface area contributed by atoms with E-state index in [2.05, 4.69) is 47.7 Å². The second-order valence-corrected chi connectivity index (χ2v) is 7.93. The molecule has 0 saturated heterocycles. The minimum absolute atomic E-state index is 0.172. The minimum atomic E-state index is -0.483. The molecule has 6 heteroatoms. The lowest BCUT2D eigenvalue weighted by Gasteiger charge is -2.22. The van der Waals surface area contributed by atoms with E-state index in [9.17, 15) is 9.59 Å². The zero-order valence-electron chi connectivity index (χ0n) is 15.5. The molecule has 3 rings (SSSR count). The number of nitrogens with zero attached hydrogens (tertiary/aromatic N) is 1. The molecule has 2 amide bonds. The van der Waals surface area contributed by atoms with Gasteiger partial charge in [0.25, 0.3) is 0 Å². The minimum Gasteiger partial charge on any atom is -0.344 e. The predicted octanol–water partition coefficient (Wildman–Crippen LogP) is 4.06. The van der Waals surface area contributed by atoms with Crippen molar-refractivity contribution in [3.05, 3.63) is 34.7 Å². The number of hydrogen-bond acceptors (Lipinski definition) is 4. The second kappa shape index (κ2) is 7.99. The Morgan fingerprint density at radius 3 is 2.65 bits per heavy atom. The molecule has 1 aliphatic carbocycles. The van der Waals surface area contributed by atoms with Crippen molar-refractivity contribution in [1.29, 1.82) is 0 Å². The molecule has 1 saturated carbocycles. The van der Waals surface area contributed by atoms with Crippen molar-refractivity contribution in [2.75, 3.05) is 5.32 Å². The van der Waals surface area contributed by atoms with Crippen LogP contribution in [-0.4, -0.2) is 22.8 Å². The van der Waals surface area contributed by atoms with Crippen LogP contribution in [0, 0.1) is 19.8 Å². The van der Waals surface area contributed by atoms with Gasteiger partial charge in [-0.1, -0.05) is 30.5 Å². The zero-order valence-corrected chi connectivity index (χ0v) is 16.3. The van der Waals surface area contributed by atoms with Gasteiger partial charge in [0.1, 0.15) is 6.04 Å². The highest BCUT2D eigenvalue weighted by molar-refractivity contribution is 7.14. The van der Waals surface area contributed by atoms with E-state index in [1.54, 1.807) is 0 Å². The SMILES string of the molecule is CC(=O)NC(C(=O)Nc1nc(-c2cc(C)ccc2C)cs1)C1CCCC1. The van der Waals surface area contributed by atoms with Crippen LogP contribution in [0.2, 0.25) is 0 Å². The molecule has 2 aromatic rings. The summed E-state index contributed by atoms with van der Waals surface area (Å²) < 4.78 is 0. The second-order valence-electron chi connectivity index (χ2n) is 7.07. The highest BCUT2D eigenvalue weighted by atomic mass is 32.1. The summed E-state index contributed by atoms with van der Waals surface area (Å²) in [4.78, 5) is 28.8. The summed E-state index contributed by atoms with van der Waals surface area (Å²) in [6.45, 7) is 5.56. The Morgan fingerprint density at radius 1 is 1.23 bits per heavy atom. The Balaban J connectivity index is 1.75. The summed E-state index contributed by atoms with van der Waals surface area (Å²) >= 11 is 1.41. The maximum atomic E-state index is 12.7. The molecule has 1 heterocycles. The first-order valence-corrected chi connectivity index (χ1v) is 9.93. The molecule has 5 nitrogen and oxygen atoms in total. The highest BCUT2D eigenvalue weighted by Crippen LogP contribution is 2.30. The van der Waals surface area contributed by atoms with Crippen LogP contribution < -0.4 is 10.6 Å². The zero-order chi connectivity index (χ0) is 18.7. The molecule has 1 aromatic heterocycles. The Hall–Kier alpha value is -2.21. The summed E-state index contributed by atoms with van der Waals surface area (Å²) in [5.74, 6) is -0.140. The fourth-order valence-electron chi connectivity index (χ4n) is 3.56. The van der Waals surface area contributed by atoms with E-state index < -0.39 is 6.04 Å². The number of hydrogen-bond donors (Lipinski definition) is 2. The lowest BCUT2D eigenvalue weighted by atomic mass is 9.97. The van der Waals surface area contributed by atoms with E-state index in [-0.39, 0.29) is 17.7 Å². The van der Waals surface area contributed by atoms with Crippen LogP contribution in [0.3, 0.4) is 0 Å². The number of amides is 2. The summed E-state index contributed by atoms with van der Waals surface area (Å²) in [7, 11) is 0. The van der Waals surface area contributed by atoms with E-state index in [0.717, 1.165) is 42.5 Å². The van der Waals surface area contributed by atoms with Gasteiger partial charge in [-0.3, -0.25) is 9.59 Å². The van der Waals surface area contributed by atoms with E-state index >= 15 is 0 Å². The molecule has 0 aliphatic heterocycles. The summed E-state index contributed by atoms with van der Waals surface area (Å²) in [5.41, 5.74) is 4.27. The number of aryl methyl sites for hydroxylation is 2. The van der Waals surface area contributed by atoms with Gasteiger partial charge in [0, 0.05) is 17.9 Å². The van der Waals surface area contributed by atoms with Gasteiger partial charge in [-0.05, 0) is 44.2 Å². The number of nitrogens with one attached hydrogen (secondary N) is 2. The number of rotatable bonds is 5. The van der Waals surface area contributed by atoms with Crippen LogP contribution in [0.1, 0.15) is 43.7 Å². The van der Waals surface area contributed by atoms with Crippen LogP contribution in [0.25, 0.3) is 11.3 Å². The number of carbonyl (C=O) groups is 2. The summed E-state index contributed by atoms with van der Waals surface area (Å²) in [6.07, 6.45) is 4.18. The van der Waals surface area contributed by atoms with Gasteiger partial charge in [-0.25, -0.2) is 4.98 Å². The van der Waals surface area contributed by atoms with Crippen molar-refractivity contribution >= 4 is 28.3 Å². The Labute approximate surface area is 158 Å². The maximum absolute atomic E-state index is 12.7. The van der Waals surface area contributed by atoms with Crippen LogP contribution in [-0.2, 0) is 9.59 Å². The molecule has 0 spiro atoms. The number of anilines is 1. The average molecular weight is 372 g/mol. The summed E-state index contributed by atoms with van der Waals surface area (Å²) in [6, 6.07) is 5.78. The van der Waals surface area contributed by atoms with Crippen molar-refractivity contribution in [3.8, 4) is 11.3 Å². The van der Waals surface area contributed by atoms with E-state index in [4.69, 9.17) is 0 Å². The van der Waals surface area contributed by atoms with Crippen molar-refractivity contribution in [3.63, 3.8) is 0 Å². The van der Waals surface area contributed by atoms with E-state index in [0.29, 0.717) is 5.13 Å². The van der Waals surface area contributed by atoms with Gasteiger partial charge in [0.2, 0.25) is 11.8 Å². The fraction of sp³-hybridized carbons (Fsp3) is 0.450. The van der Waals surface area contributed by atoms with Crippen molar-refractivity contribution in [1.82, 2.24) is 10.3 Å². The normalized spacial score (nSPS) is 15.7. The molecule has 1 fully saturated rings. The molecular formula is C20H25N3O2S.